The van der Waals surface area contributed by atoms with Gasteiger partial charge in [0.25, 0.3) is 0 Å². The van der Waals surface area contributed by atoms with Crippen LogP contribution in [0.4, 0.5) is 0 Å². The van der Waals surface area contributed by atoms with Crippen LogP contribution < -0.4 is 97.8 Å². The molecule has 27 N–H and O–H groups in total. The second kappa shape index (κ2) is 44.3. The SMILES string of the molecule is CC[C@H](C)[C@@H](NC(=O)[C@@H](NC(=O)[C@H](CCC(=O)O)NC(=O)[C@H](Cc1ccccc1)NC(=O)[C@@H](CCN)NC(=O)[C@H](CCN)NC(=O)[C@H](CO)NC(=O)[C@@H](Cc1c[nH]c2ccccc12)NC(=O)[C@@H](CO)NC(=O)CNC(=O)[C@@H](CCN)NC(=O)[C@H](NC(=O)[C@H](C)N)C(C)C)C(C)C)C(=O)N[C@@H](C)C(N)=O. The first-order valence-corrected chi connectivity index (χ1v) is 34.2. The van der Waals surface area contributed by atoms with E-state index in [0.29, 0.717) is 28.5 Å². The third kappa shape index (κ3) is 28.6. The lowest BCUT2D eigenvalue weighted by atomic mass is 9.96. The summed E-state index contributed by atoms with van der Waals surface area (Å²) in [5, 5.41) is 63.3. The number of para-hydroxylation sites is 1. The van der Waals surface area contributed by atoms with E-state index < -0.39 is 218 Å². The quantitative estimate of drug-likeness (QED) is 0.0250. The number of aliphatic carboxylic acids is 1. The lowest BCUT2D eigenvalue weighted by Gasteiger charge is -2.30. The molecule has 0 aliphatic carbocycles. The molecular formula is C67H105N19O18. The molecule has 14 atom stereocenters. The van der Waals surface area contributed by atoms with E-state index in [1.54, 1.807) is 102 Å². The molecule has 0 spiro atoms. The number of amides is 14. The molecule has 104 heavy (non-hydrogen) atoms. The summed E-state index contributed by atoms with van der Waals surface area (Å²) in [5.74, 6) is -16.1. The minimum Gasteiger partial charge on any atom is -0.481 e. The third-order valence-corrected chi connectivity index (χ3v) is 16.8. The Morgan fingerprint density at radius 3 is 1.32 bits per heavy atom. The number of carbonyl (C=O) groups excluding carboxylic acids is 14. The van der Waals surface area contributed by atoms with Gasteiger partial charge >= 0.3 is 5.97 Å². The molecule has 0 aliphatic rings. The average Bonchev–Trinajstić information content (AvgIpc) is 1.60. The van der Waals surface area contributed by atoms with Gasteiger partial charge in [0.1, 0.15) is 72.5 Å². The summed E-state index contributed by atoms with van der Waals surface area (Å²) in [6.45, 7) is 9.05. The molecule has 1 heterocycles. The zero-order valence-electron chi connectivity index (χ0n) is 59.8. The number of hydrogen-bond acceptors (Lipinski definition) is 21. The van der Waals surface area contributed by atoms with E-state index in [2.05, 4.69) is 74.1 Å². The van der Waals surface area contributed by atoms with E-state index in [-0.39, 0.29) is 51.7 Å². The molecule has 37 nitrogen and oxygen atoms in total. The van der Waals surface area contributed by atoms with Gasteiger partial charge in [-0.3, -0.25) is 71.9 Å². The Labute approximate surface area is 601 Å². The zero-order chi connectivity index (χ0) is 78.1. The van der Waals surface area contributed by atoms with Gasteiger partial charge in [0.2, 0.25) is 82.7 Å². The van der Waals surface area contributed by atoms with E-state index in [0.717, 1.165) is 0 Å². The molecule has 3 aromatic rings. The first-order chi connectivity index (χ1) is 49.1. The molecular weight excluding hydrogens is 1360 g/mol. The molecule has 0 bridgehead atoms. The van der Waals surface area contributed by atoms with Crippen LogP contribution in [0.15, 0.2) is 60.8 Å². The molecule has 0 saturated carbocycles. The Kier molecular flexibility index (Phi) is 37.5. The monoisotopic (exact) mass is 1460 g/mol. The van der Waals surface area contributed by atoms with E-state index in [9.17, 15) is 87.2 Å². The summed E-state index contributed by atoms with van der Waals surface area (Å²) in [5.41, 5.74) is 30.1. The fourth-order valence-corrected chi connectivity index (χ4v) is 10.4. The van der Waals surface area contributed by atoms with Crippen molar-refractivity contribution in [3.63, 3.8) is 0 Å². The zero-order valence-corrected chi connectivity index (χ0v) is 59.8. The number of primary amides is 1. The maximum Gasteiger partial charge on any atom is 0.303 e. The van der Waals surface area contributed by atoms with E-state index in [4.69, 9.17) is 28.7 Å². The van der Waals surface area contributed by atoms with Crippen LogP contribution in [0.1, 0.15) is 105 Å². The standard InChI is InChI=1S/C67H105N19O18/c1-9-35(6)54(67(104)75-37(8)55(72)92)86-66(103)53(34(4)5)85-60(97)42(19-20-51(90)91)77-61(98)46(27-38-15-11-10-12-16-38)81-59(96)45(23-26-70)78-58(95)44(22-25-69)79-64(101)49(32-88)83-62(99)47(28-39-29-73-41-18-14-13-17-40(39)41)82-63(100)48(31-87)76-50(89)30-74-57(94)43(21-24-68)80-65(102)52(33(2)3)84-56(93)36(7)71/h10-18,29,33-37,42-49,52-54,73,87-88H,9,19-28,30-32,68-71H2,1-8H3,(H2,72,92)(H,74,94)(H,75,104)(H,76,89)(H,77,98)(H,78,95)(H,79,101)(H,80,102)(H,81,96)(H,82,100)(H,83,99)(H,84,93)(H,85,97)(H,86,103)(H,90,91)/t35-,36-,37-,42-,43+,44-,45+,46-,47+,48+,49-,52+,53-,54+/m0/s1. The minimum atomic E-state index is -1.87. The number of aliphatic hydroxyl groups excluding tert-OH is 2. The van der Waals surface area contributed by atoms with Gasteiger partial charge in [0.15, 0.2) is 0 Å². The van der Waals surface area contributed by atoms with Gasteiger partial charge in [0, 0.05) is 36.4 Å². The molecule has 0 radical (unpaired) electrons. The molecule has 3 rings (SSSR count). The lowest BCUT2D eigenvalue weighted by molar-refractivity contribution is -0.139. The normalized spacial score (nSPS) is 15.3. The summed E-state index contributed by atoms with van der Waals surface area (Å²) in [7, 11) is 0. The Bertz CT molecular complexity index is 3430. The number of carbonyl (C=O) groups is 15. The number of hydrogen-bond donors (Lipinski definition) is 22. The number of nitrogens with one attached hydrogen (secondary N) is 14. The molecule has 1 aromatic heterocycles. The van der Waals surface area contributed by atoms with Crippen LogP contribution >= 0.6 is 0 Å². The fraction of sp³-hybridized carbons (Fsp3) is 0.567. The van der Waals surface area contributed by atoms with Gasteiger partial charge < -0.3 is 118 Å². The second-order valence-electron chi connectivity index (χ2n) is 25.8. The van der Waals surface area contributed by atoms with E-state index >= 15 is 0 Å². The Balaban J connectivity index is 1.87. The molecule has 14 amide bonds. The van der Waals surface area contributed by atoms with Gasteiger partial charge in [-0.2, -0.15) is 0 Å². The average molecular weight is 1460 g/mol. The van der Waals surface area contributed by atoms with Crippen molar-refractivity contribution in [3.05, 3.63) is 71.9 Å². The number of nitrogens with two attached hydrogens (primary N) is 5. The highest BCUT2D eigenvalue weighted by Gasteiger charge is 2.38. The second-order valence-corrected chi connectivity index (χ2v) is 25.8. The van der Waals surface area contributed by atoms with Crippen molar-refractivity contribution >= 4 is 99.6 Å². The smallest absolute Gasteiger partial charge is 0.303 e. The topological polar surface area (TPSA) is 619 Å². The first-order valence-electron chi connectivity index (χ1n) is 34.2. The predicted molar refractivity (Wildman–Crippen MR) is 378 cm³/mol. The van der Waals surface area contributed by atoms with Crippen LogP contribution in [0.25, 0.3) is 10.9 Å². The van der Waals surface area contributed by atoms with Crippen LogP contribution in [0.2, 0.25) is 0 Å². The Morgan fingerprint density at radius 1 is 0.442 bits per heavy atom. The highest BCUT2D eigenvalue weighted by atomic mass is 16.4. The molecule has 0 saturated heterocycles. The Hall–Kier alpha value is -10.2. The number of rotatable bonds is 46. The molecule has 37 heteroatoms. The molecule has 0 aliphatic heterocycles. The van der Waals surface area contributed by atoms with Crippen molar-refractivity contribution in [1.29, 1.82) is 0 Å². The van der Waals surface area contributed by atoms with Crippen molar-refractivity contribution < 1.29 is 87.2 Å². The molecule has 2 aromatic carbocycles. The number of H-pyrrole nitrogens is 1. The van der Waals surface area contributed by atoms with Crippen LogP contribution in [-0.4, -0.2) is 227 Å². The minimum absolute atomic E-state index is 0.0959. The van der Waals surface area contributed by atoms with Gasteiger partial charge in [-0.05, 0) is 94.1 Å². The molecule has 576 valence electrons. The van der Waals surface area contributed by atoms with Crippen LogP contribution in [0.5, 0.6) is 0 Å². The van der Waals surface area contributed by atoms with Crippen LogP contribution in [0, 0.1) is 17.8 Å². The Morgan fingerprint density at radius 2 is 0.837 bits per heavy atom. The third-order valence-electron chi connectivity index (χ3n) is 16.8. The van der Waals surface area contributed by atoms with Gasteiger partial charge in [-0.15, -0.1) is 0 Å². The largest absolute Gasteiger partial charge is 0.481 e. The maximum atomic E-state index is 14.5. The van der Waals surface area contributed by atoms with Crippen LogP contribution in [-0.2, 0) is 84.8 Å². The lowest BCUT2D eigenvalue weighted by Crippen LogP contribution is -2.62. The van der Waals surface area contributed by atoms with Crippen LogP contribution in [0.3, 0.4) is 0 Å². The predicted octanol–water partition coefficient (Wildman–Crippen LogP) is -7.01. The first kappa shape index (κ1) is 88.0. The van der Waals surface area contributed by atoms with Gasteiger partial charge in [-0.1, -0.05) is 96.5 Å². The number of carboxylic acids is 1. The number of aliphatic hydroxyl groups is 2. The number of fused-ring (bicyclic) bond motifs is 1. The van der Waals surface area contributed by atoms with Crippen molar-refractivity contribution in [2.45, 2.75) is 185 Å². The highest BCUT2D eigenvalue weighted by molar-refractivity contribution is 6.00. The number of aromatic nitrogens is 1. The van der Waals surface area contributed by atoms with Gasteiger partial charge in [-0.25, -0.2) is 0 Å². The number of benzene rings is 2. The van der Waals surface area contributed by atoms with Gasteiger partial charge in [0.05, 0.1) is 25.8 Å². The summed E-state index contributed by atoms with van der Waals surface area (Å²) in [6, 6.07) is -3.70. The number of aromatic amines is 1. The van der Waals surface area contributed by atoms with Crippen molar-refractivity contribution in [3.8, 4) is 0 Å². The highest BCUT2D eigenvalue weighted by Crippen LogP contribution is 2.20. The molecule has 0 fully saturated rings. The summed E-state index contributed by atoms with van der Waals surface area (Å²) in [6.07, 6.45) is -0.558. The van der Waals surface area contributed by atoms with Crippen molar-refractivity contribution in [2.24, 2.45) is 46.4 Å². The fourth-order valence-electron chi connectivity index (χ4n) is 10.4. The number of carboxylic acid groups (broad SMARTS) is 1. The summed E-state index contributed by atoms with van der Waals surface area (Å²) < 4.78 is 0. The summed E-state index contributed by atoms with van der Waals surface area (Å²) in [4.78, 5) is 206. The summed E-state index contributed by atoms with van der Waals surface area (Å²) >= 11 is 0. The molecule has 0 unspecified atom stereocenters. The van der Waals surface area contributed by atoms with Crippen molar-refractivity contribution in [1.82, 2.24) is 74.1 Å². The van der Waals surface area contributed by atoms with E-state index in [1.807, 2.05) is 0 Å². The van der Waals surface area contributed by atoms with Crippen molar-refractivity contribution in [2.75, 3.05) is 39.4 Å². The van der Waals surface area contributed by atoms with E-state index in [1.165, 1.54) is 13.8 Å². The maximum absolute atomic E-state index is 14.5.